The molecule has 0 unspecified atom stereocenters. The largest absolute Gasteiger partial charge is 0.370 e. The van der Waals surface area contributed by atoms with E-state index in [1.807, 2.05) is 0 Å². The molecule has 1 N–H and O–H groups in total. The Labute approximate surface area is 122 Å². The molecule has 1 aromatic heterocycles. The molecule has 4 nitrogen and oxygen atoms in total. The molecule has 0 radical (unpaired) electrons. The molecule has 20 heavy (non-hydrogen) atoms. The van der Waals surface area contributed by atoms with Crippen molar-refractivity contribution in [2.24, 2.45) is 0 Å². The molecular formula is C16H26N4. The smallest absolute Gasteiger partial charge is 0.227 e. The first-order chi connectivity index (χ1) is 9.86. The van der Waals surface area contributed by atoms with E-state index in [9.17, 15) is 0 Å². The normalized spacial score (nSPS) is 19.8. The zero-order valence-corrected chi connectivity index (χ0v) is 12.6. The van der Waals surface area contributed by atoms with Crippen molar-refractivity contribution in [2.45, 2.75) is 57.8 Å². The zero-order chi connectivity index (χ0) is 13.8. The average molecular weight is 274 g/mol. The fourth-order valence-corrected chi connectivity index (χ4v) is 3.29. The van der Waals surface area contributed by atoms with E-state index in [4.69, 9.17) is 9.97 Å². The number of hydrogen-bond acceptors (Lipinski definition) is 4. The number of rotatable bonds is 5. The molecule has 0 spiro atoms. The highest BCUT2D eigenvalue weighted by atomic mass is 15.3. The molecule has 1 aliphatic heterocycles. The maximum atomic E-state index is 4.88. The highest BCUT2D eigenvalue weighted by Gasteiger charge is 2.22. The van der Waals surface area contributed by atoms with Gasteiger partial charge in [-0.15, -0.1) is 0 Å². The topological polar surface area (TPSA) is 41.1 Å². The summed E-state index contributed by atoms with van der Waals surface area (Å²) in [6.07, 6.45) is 8.97. The van der Waals surface area contributed by atoms with Crippen LogP contribution in [0.1, 0.15) is 63.5 Å². The minimum absolute atomic E-state index is 0.654. The second-order valence-corrected chi connectivity index (χ2v) is 6.08. The summed E-state index contributed by atoms with van der Waals surface area (Å²) >= 11 is 0. The summed E-state index contributed by atoms with van der Waals surface area (Å²) in [5.74, 6) is 2.62. The van der Waals surface area contributed by atoms with Gasteiger partial charge in [-0.2, -0.15) is 4.98 Å². The van der Waals surface area contributed by atoms with Gasteiger partial charge < -0.3 is 10.2 Å². The lowest BCUT2D eigenvalue weighted by molar-refractivity contribution is 0.690. The Hall–Kier alpha value is -1.32. The molecule has 2 aliphatic rings. The van der Waals surface area contributed by atoms with Crippen molar-refractivity contribution in [2.75, 3.05) is 29.9 Å². The van der Waals surface area contributed by atoms with E-state index in [0.29, 0.717) is 5.92 Å². The van der Waals surface area contributed by atoms with Gasteiger partial charge >= 0.3 is 0 Å². The molecule has 1 aliphatic carbocycles. The summed E-state index contributed by atoms with van der Waals surface area (Å²) < 4.78 is 0. The predicted molar refractivity (Wildman–Crippen MR) is 83.5 cm³/mol. The first-order valence-corrected chi connectivity index (χ1v) is 8.24. The Kier molecular flexibility index (Phi) is 4.38. The fraction of sp³-hybridized carbons (Fsp3) is 0.750. The van der Waals surface area contributed by atoms with Crippen LogP contribution in [0.25, 0.3) is 0 Å². The quantitative estimate of drug-likeness (QED) is 0.891. The molecule has 2 heterocycles. The lowest BCUT2D eigenvalue weighted by atomic mass is 10.0. The minimum atomic E-state index is 0.654. The van der Waals surface area contributed by atoms with Crippen LogP contribution in [0.4, 0.5) is 11.8 Å². The monoisotopic (exact) mass is 274 g/mol. The third-order valence-corrected chi connectivity index (χ3v) is 4.45. The molecule has 0 atom stereocenters. The van der Waals surface area contributed by atoms with Crippen molar-refractivity contribution >= 4 is 11.8 Å². The van der Waals surface area contributed by atoms with E-state index in [1.165, 1.54) is 44.2 Å². The summed E-state index contributed by atoms with van der Waals surface area (Å²) in [5, 5.41) is 3.44. The van der Waals surface area contributed by atoms with Gasteiger partial charge in [-0.05, 0) is 32.1 Å². The standard InChI is InChI=1S/C16H26N4/c1-2-9-17-15-12-14(13-7-3-4-8-13)18-16(19-15)20-10-5-6-11-20/h12-13H,2-11H2,1H3,(H,17,18,19). The molecule has 0 bridgehead atoms. The van der Waals surface area contributed by atoms with E-state index in [-0.39, 0.29) is 0 Å². The fourth-order valence-electron chi connectivity index (χ4n) is 3.29. The Morgan fingerprint density at radius 1 is 1.15 bits per heavy atom. The Bertz CT molecular complexity index is 400. The second-order valence-electron chi connectivity index (χ2n) is 6.08. The van der Waals surface area contributed by atoms with E-state index in [1.54, 1.807) is 0 Å². The number of nitrogens with one attached hydrogen (secondary N) is 1. The van der Waals surface area contributed by atoms with Crippen molar-refractivity contribution < 1.29 is 0 Å². The van der Waals surface area contributed by atoms with Gasteiger partial charge in [-0.1, -0.05) is 19.8 Å². The molecule has 1 saturated carbocycles. The second kappa shape index (κ2) is 6.42. The number of nitrogens with zero attached hydrogens (tertiary/aromatic N) is 3. The van der Waals surface area contributed by atoms with Crippen LogP contribution in [0.5, 0.6) is 0 Å². The van der Waals surface area contributed by atoms with Crippen LogP contribution in [-0.4, -0.2) is 29.6 Å². The third kappa shape index (κ3) is 3.05. The number of hydrogen-bond donors (Lipinski definition) is 1. The van der Waals surface area contributed by atoms with E-state index in [0.717, 1.165) is 37.8 Å². The van der Waals surface area contributed by atoms with Crippen LogP contribution < -0.4 is 10.2 Å². The van der Waals surface area contributed by atoms with E-state index < -0.39 is 0 Å². The maximum Gasteiger partial charge on any atom is 0.227 e. The number of anilines is 2. The Balaban J connectivity index is 1.85. The van der Waals surface area contributed by atoms with Crippen LogP contribution in [0.2, 0.25) is 0 Å². The van der Waals surface area contributed by atoms with Crippen molar-refractivity contribution in [1.29, 1.82) is 0 Å². The molecule has 1 saturated heterocycles. The molecule has 4 heteroatoms. The van der Waals surface area contributed by atoms with Gasteiger partial charge in [0.2, 0.25) is 5.95 Å². The lowest BCUT2D eigenvalue weighted by Crippen LogP contribution is -2.22. The van der Waals surface area contributed by atoms with Gasteiger partial charge in [0.1, 0.15) is 5.82 Å². The highest BCUT2D eigenvalue weighted by molar-refractivity contribution is 5.45. The van der Waals surface area contributed by atoms with Crippen molar-refractivity contribution in [3.63, 3.8) is 0 Å². The van der Waals surface area contributed by atoms with Crippen molar-refractivity contribution in [3.8, 4) is 0 Å². The van der Waals surface area contributed by atoms with Gasteiger partial charge in [0.25, 0.3) is 0 Å². The van der Waals surface area contributed by atoms with Gasteiger partial charge in [-0.3, -0.25) is 0 Å². The van der Waals surface area contributed by atoms with Gasteiger partial charge in [0, 0.05) is 31.6 Å². The molecular weight excluding hydrogens is 248 g/mol. The minimum Gasteiger partial charge on any atom is -0.370 e. The summed E-state index contributed by atoms with van der Waals surface area (Å²) in [7, 11) is 0. The average Bonchev–Trinajstić information content (AvgIpc) is 3.17. The summed E-state index contributed by atoms with van der Waals surface area (Å²) in [6, 6.07) is 2.19. The lowest BCUT2D eigenvalue weighted by Gasteiger charge is -2.19. The van der Waals surface area contributed by atoms with Crippen molar-refractivity contribution in [3.05, 3.63) is 11.8 Å². The van der Waals surface area contributed by atoms with Crippen LogP contribution in [0.3, 0.4) is 0 Å². The van der Waals surface area contributed by atoms with E-state index in [2.05, 4.69) is 23.2 Å². The summed E-state index contributed by atoms with van der Waals surface area (Å²) in [6.45, 7) is 5.40. The summed E-state index contributed by atoms with van der Waals surface area (Å²) in [4.78, 5) is 12.0. The maximum absolute atomic E-state index is 4.88. The van der Waals surface area contributed by atoms with Gasteiger partial charge in [0.15, 0.2) is 0 Å². The highest BCUT2D eigenvalue weighted by Crippen LogP contribution is 2.34. The predicted octanol–water partition coefficient (Wildman–Crippen LogP) is 3.56. The van der Waals surface area contributed by atoms with Crippen LogP contribution >= 0.6 is 0 Å². The molecule has 110 valence electrons. The number of aromatic nitrogens is 2. The zero-order valence-electron chi connectivity index (χ0n) is 12.6. The SMILES string of the molecule is CCCNc1cc(C2CCCC2)nc(N2CCCC2)n1. The first kappa shape index (κ1) is 13.7. The van der Waals surface area contributed by atoms with Crippen molar-refractivity contribution in [1.82, 2.24) is 9.97 Å². The molecule has 3 rings (SSSR count). The first-order valence-electron chi connectivity index (χ1n) is 8.24. The van der Waals surface area contributed by atoms with Crippen LogP contribution in [0.15, 0.2) is 6.07 Å². The summed E-state index contributed by atoms with van der Waals surface area (Å²) in [5.41, 5.74) is 1.26. The molecule has 0 amide bonds. The van der Waals surface area contributed by atoms with Crippen LogP contribution in [-0.2, 0) is 0 Å². The molecule has 1 aromatic rings. The molecule has 2 fully saturated rings. The van der Waals surface area contributed by atoms with Gasteiger partial charge in [-0.25, -0.2) is 4.98 Å². The molecule has 0 aromatic carbocycles. The van der Waals surface area contributed by atoms with Crippen LogP contribution in [0, 0.1) is 0 Å². The third-order valence-electron chi connectivity index (χ3n) is 4.45. The van der Waals surface area contributed by atoms with Gasteiger partial charge in [0.05, 0.1) is 5.69 Å². The Morgan fingerprint density at radius 3 is 2.60 bits per heavy atom. The Morgan fingerprint density at radius 2 is 1.90 bits per heavy atom. The van der Waals surface area contributed by atoms with E-state index >= 15 is 0 Å².